The van der Waals surface area contributed by atoms with Crippen LogP contribution in [0.15, 0.2) is 18.2 Å². The summed E-state index contributed by atoms with van der Waals surface area (Å²) in [5, 5.41) is 5.79. The standard InChI is InChI=1S/C15H21FN2O/c1-2-17-14-12(7-4-8-13(14)16)15(19)18-10-9-11-5-3-6-11/h4,7-8,11,17H,2-3,5-6,9-10H2,1H3,(H,18,19). The van der Waals surface area contributed by atoms with Crippen LogP contribution < -0.4 is 10.6 Å². The van der Waals surface area contributed by atoms with E-state index in [1.54, 1.807) is 12.1 Å². The summed E-state index contributed by atoms with van der Waals surface area (Å²) < 4.78 is 13.7. The SMILES string of the molecule is CCNc1c(F)cccc1C(=O)NCCC1CCC1. The van der Waals surface area contributed by atoms with Gasteiger partial charge in [0, 0.05) is 13.1 Å². The smallest absolute Gasteiger partial charge is 0.253 e. The molecule has 2 rings (SSSR count). The maximum atomic E-state index is 13.7. The second-order valence-corrected chi connectivity index (χ2v) is 5.03. The van der Waals surface area contributed by atoms with Crippen LogP contribution in [0.1, 0.15) is 43.0 Å². The Bertz CT molecular complexity index is 444. The fourth-order valence-corrected chi connectivity index (χ4v) is 2.34. The van der Waals surface area contributed by atoms with Crippen molar-refractivity contribution in [1.29, 1.82) is 0 Å². The average Bonchev–Trinajstić information content (AvgIpc) is 2.35. The number of nitrogens with one attached hydrogen (secondary N) is 2. The number of hydrogen-bond donors (Lipinski definition) is 2. The van der Waals surface area contributed by atoms with Crippen molar-refractivity contribution in [3.05, 3.63) is 29.6 Å². The van der Waals surface area contributed by atoms with E-state index in [0.29, 0.717) is 24.3 Å². The van der Waals surface area contributed by atoms with Crippen LogP contribution >= 0.6 is 0 Å². The van der Waals surface area contributed by atoms with Gasteiger partial charge in [-0.2, -0.15) is 0 Å². The maximum Gasteiger partial charge on any atom is 0.253 e. The van der Waals surface area contributed by atoms with Gasteiger partial charge in [-0.05, 0) is 31.4 Å². The van der Waals surface area contributed by atoms with Crippen molar-refractivity contribution in [2.45, 2.75) is 32.6 Å². The second kappa shape index (κ2) is 6.55. The molecule has 3 nitrogen and oxygen atoms in total. The lowest BCUT2D eigenvalue weighted by molar-refractivity contribution is 0.0949. The highest BCUT2D eigenvalue weighted by Gasteiger charge is 2.18. The number of carbonyl (C=O) groups excluding carboxylic acids is 1. The molecule has 1 saturated carbocycles. The van der Waals surface area contributed by atoms with Gasteiger partial charge in [-0.3, -0.25) is 4.79 Å². The number of carbonyl (C=O) groups is 1. The van der Waals surface area contributed by atoms with Gasteiger partial charge in [0.15, 0.2) is 0 Å². The highest BCUT2D eigenvalue weighted by Crippen LogP contribution is 2.28. The van der Waals surface area contributed by atoms with E-state index in [9.17, 15) is 9.18 Å². The molecular weight excluding hydrogens is 243 g/mol. The molecule has 0 unspecified atom stereocenters. The van der Waals surface area contributed by atoms with Crippen molar-refractivity contribution in [2.24, 2.45) is 5.92 Å². The highest BCUT2D eigenvalue weighted by molar-refractivity contribution is 5.99. The number of halogens is 1. The zero-order chi connectivity index (χ0) is 13.7. The summed E-state index contributed by atoms with van der Waals surface area (Å²) in [5.41, 5.74) is 0.682. The third-order valence-electron chi connectivity index (χ3n) is 3.67. The quantitative estimate of drug-likeness (QED) is 0.828. The van der Waals surface area contributed by atoms with Gasteiger partial charge in [0.2, 0.25) is 0 Å². The molecule has 0 aromatic heterocycles. The Morgan fingerprint density at radius 1 is 1.42 bits per heavy atom. The van der Waals surface area contributed by atoms with E-state index in [1.165, 1.54) is 25.3 Å². The predicted octanol–water partition coefficient (Wildman–Crippen LogP) is 3.18. The van der Waals surface area contributed by atoms with Crippen molar-refractivity contribution in [1.82, 2.24) is 5.32 Å². The Labute approximate surface area is 113 Å². The Morgan fingerprint density at radius 3 is 2.84 bits per heavy atom. The van der Waals surface area contributed by atoms with Gasteiger partial charge in [0.1, 0.15) is 5.82 Å². The monoisotopic (exact) mass is 264 g/mol. The van der Waals surface area contributed by atoms with Gasteiger partial charge in [-0.15, -0.1) is 0 Å². The van der Waals surface area contributed by atoms with Gasteiger partial charge in [-0.1, -0.05) is 25.3 Å². The van der Waals surface area contributed by atoms with E-state index in [2.05, 4.69) is 10.6 Å². The van der Waals surface area contributed by atoms with Crippen LogP contribution in [0.25, 0.3) is 0 Å². The molecule has 0 spiro atoms. The molecule has 1 fully saturated rings. The van der Waals surface area contributed by atoms with E-state index < -0.39 is 0 Å². The molecule has 0 saturated heterocycles. The third kappa shape index (κ3) is 3.46. The summed E-state index contributed by atoms with van der Waals surface area (Å²) in [5.74, 6) is 0.185. The van der Waals surface area contributed by atoms with Crippen LogP contribution in [-0.4, -0.2) is 19.0 Å². The van der Waals surface area contributed by atoms with Gasteiger partial charge < -0.3 is 10.6 Å². The third-order valence-corrected chi connectivity index (χ3v) is 3.67. The molecule has 0 atom stereocenters. The lowest BCUT2D eigenvalue weighted by atomic mass is 9.83. The van der Waals surface area contributed by atoms with Crippen molar-refractivity contribution in [3.8, 4) is 0 Å². The van der Waals surface area contributed by atoms with Crippen molar-refractivity contribution < 1.29 is 9.18 Å². The molecule has 1 aromatic rings. The lowest BCUT2D eigenvalue weighted by Crippen LogP contribution is -2.28. The van der Waals surface area contributed by atoms with Crippen LogP contribution in [0.5, 0.6) is 0 Å². The Hall–Kier alpha value is -1.58. The predicted molar refractivity (Wildman–Crippen MR) is 74.9 cm³/mol. The molecule has 1 amide bonds. The molecule has 0 radical (unpaired) electrons. The van der Waals surface area contributed by atoms with E-state index in [4.69, 9.17) is 0 Å². The maximum absolute atomic E-state index is 13.7. The lowest BCUT2D eigenvalue weighted by Gasteiger charge is -2.25. The second-order valence-electron chi connectivity index (χ2n) is 5.03. The number of rotatable bonds is 6. The molecule has 4 heteroatoms. The van der Waals surface area contributed by atoms with E-state index in [0.717, 1.165) is 12.3 Å². The van der Waals surface area contributed by atoms with Crippen LogP contribution in [0.4, 0.5) is 10.1 Å². The number of benzene rings is 1. The molecule has 2 N–H and O–H groups in total. The van der Waals surface area contributed by atoms with Crippen molar-refractivity contribution in [2.75, 3.05) is 18.4 Å². The first kappa shape index (κ1) is 13.8. The Balaban J connectivity index is 1.95. The first-order valence-corrected chi connectivity index (χ1v) is 7.03. The van der Waals surface area contributed by atoms with E-state index in [-0.39, 0.29) is 11.7 Å². The minimum Gasteiger partial charge on any atom is -0.382 e. The summed E-state index contributed by atoms with van der Waals surface area (Å²) in [6, 6.07) is 4.58. The van der Waals surface area contributed by atoms with Crippen molar-refractivity contribution in [3.63, 3.8) is 0 Å². The first-order valence-electron chi connectivity index (χ1n) is 7.03. The zero-order valence-electron chi connectivity index (χ0n) is 11.3. The molecule has 0 bridgehead atoms. The fourth-order valence-electron chi connectivity index (χ4n) is 2.34. The fraction of sp³-hybridized carbons (Fsp3) is 0.533. The largest absolute Gasteiger partial charge is 0.382 e. The highest BCUT2D eigenvalue weighted by atomic mass is 19.1. The Morgan fingerprint density at radius 2 is 2.21 bits per heavy atom. The summed E-state index contributed by atoms with van der Waals surface area (Å²) in [4.78, 5) is 12.1. The average molecular weight is 264 g/mol. The molecule has 1 aliphatic rings. The van der Waals surface area contributed by atoms with Gasteiger partial charge in [0.25, 0.3) is 5.91 Å². The summed E-state index contributed by atoms with van der Waals surface area (Å²) in [6.45, 7) is 3.14. The Kier molecular flexibility index (Phi) is 4.77. The summed E-state index contributed by atoms with van der Waals surface area (Å²) in [6.07, 6.45) is 4.89. The van der Waals surface area contributed by atoms with Gasteiger partial charge in [0.05, 0.1) is 11.3 Å². The van der Waals surface area contributed by atoms with E-state index >= 15 is 0 Å². The van der Waals surface area contributed by atoms with Crippen molar-refractivity contribution >= 4 is 11.6 Å². The molecule has 1 aliphatic carbocycles. The summed E-state index contributed by atoms with van der Waals surface area (Å²) >= 11 is 0. The van der Waals surface area contributed by atoms with E-state index in [1.807, 2.05) is 6.92 Å². The molecule has 19 heavy (non-hydrogen) atoms. The minimum absolute atomic E-state index is 0.199. The number of para-hydroxylation sites is 1. The summed E-state index contributed by atoms with van der Waals surface area (Å²) in [7, 11) is 0. The van der Waals surface area contributed by atoms with Crippen LogP contribution in [-0.2, 0) is 0 Å². The molecule has 0 heterocycles. The van der Waals surface area contributed by atoms with Crippen LogP contribution in [0.3, 0.4) is 0 Å². The number of amides is 1. The first-order chi connectivity index (χ1) is 9.22. The van der Waals surface area contributed by atoms with Gasteiger partial charge in [-0.25, -0.2) is 4.39 Å². The minimum atomic E-state index is -0.381. The molecule has 1 aromatic carbocycles. The topological polar surface area (TPSA) is 41.1 Å². The molecule has 104 valence electrons. The van der Waals surface area contributed by atoms with Crippen LogP contribution in [0.2, 0.25) is 0 Å². The number of anilines is 1. The number of hydrogen-bond acceptors (Lipinski definition) is 2. The normalized spacial score (nSPS) is 14.8. The zero-order valence-corrected chi connectivity index (χ0v) is 11.3. The van der Waals surface area contributed by atoms with Crippen LogP contribution in [0, 0.1) is 11.7 Å². The molecule has 0 aliphatic heterocycles. The molecular formula is C15H21FN2O. The van der Waals surface area contributed by atoms with Gasteiger partial charge >= 0.3 is 0 Å².